The molecule has 0 radical (unpaired) electrons. The number of aryl methyl sites for hydroxylation is 1. The van der Waals surface area contributed by atoms with E-state index in [1.807, 2.05) is 13.1 Å². The first-order chi connectivity index (χ1) is 9.08. The normalized spacial score (nSPS) is 10.5. The third-order valence-electron chi connectivity index (χ3n) is 2.76. The molecule has 1 heterocycles. The minimum absolute atomic E-state index is 0.0440. The van der Waals surface area contributed by atoms with Crippen LogP contribution >= 0.6 is 11.6 Å². The minimum atomic E-state index is -0.581. The Hall–Kier alpha value is -1.88. The molecule has 0 aliphatic carbocycles. The lowest BCUT2D eigenvalue weighted by atomic mass is 10.2. The highest BCUT2D eigenvalue weighted by atomic mass is 35.5. The third-order valence-corrected chi connectivity index (χ3v) is 3.00. The van der Waals surface area contributed by atoms with Crippen LogP contribution in [-0.2, 0) is 13.5 Å². The van der Waals surface area contributed by atoms with Crippen molar-refractivity contribution in [1.82, 2.24) is 15.1 Å². The molecule has 1 amide bonds. The summed E-state index contributed by atoms with van der Waals surface area (Å²) < 4.78 is 15.2. The Morgan fingerprint density at radius 3 is 2.95 bits per heavy atom. The summed E-state index contributed by atoms with van der Waals surface area (Å²) in [5.41, 5.74) is 0.948. The molecule has 0 saturated carbocycles. The van der Waals surface area contributed by atoms with E-state index in [-0.39, 0.29) is 5.56 Å². The second kappa shape index (κ2) is 5.84. The Morgan fingerprint density at radius 1 is 1.47 bits per heavy atom. The van der Waals surface area contributed by atoms with Crippen LogP contribution in [0.15, 0.2) is 30.5 Å². The molecule has 0 atom stereocenters. The summed E-state index contributed by atoms with van der Waals surface area (Å²) in [7, 11) is 1.83. The average Bonchev–Trinajstić information content (AvgIpc) is 2.78. The Morgan fingerprint density at radius 2 is 2.26 bits per heavy atom. The Labute approximate surface area is 115 Å². The molecule has 0 bridgehead atoms. The third kappa shape index (κ3) is 3.32. The molecular formula is C13H13ClFN3O. The lowest BCUT2D eigenvalue weighted by Gasteiger charge is -2.06. The first-order valence-corrected chi connectivity index (χ1v) is 6.16. The summed E-state index contributed by atoms with van der Waals surface area (Å²) >= 11 is 5.74. The number of benzene rings is 1. The maximum absolute atomic E-state index is 13.5. The smallest absolute Gasteiger partial charge is 0.254 e. The van der Waals surface area contributed by atoms with Gasteiger partial charge in [0.25, 0.3) is 5.91 Å². The van der Waals surface area contributed by atoms with Crippen molar-refractivity contribution in [3.8, 4) is 0 Å². The van der Waals surface area contributed by atoms with Crippen molar-refractivity contribution in [2.24, 2.45) is 7.05 Å². The number of amides is 1. The number of nitrogens with zero attached hydrogens (tertiary/aromatic N) is 2. The molecule has 1 N–H and O–H groups in total. The fraction of sp³-hybridized carbons (Fsp3) is 0.231. The summed E-state index contributed by atoms with van der Waals surface area (Å²) in [4.78, 5) is 11.8. The van der Waals surface area contributed by atoms with Gasteiger partial charge in [-0.25, -0.2) is 4.39 Å². The molecule has 1 aromatic carbocycles. The van der Waals surface area contributed by atoms with Crippen molar-refractivity contribution >= 4 is 17.5 Å². The van der Waals surface area contributed by atoms with Gasteiger partial charge in [0.05, 0.1) is 5.56 Å². The molecule has 6 heteroatoms. The van der Waals surface area contributed by atoms with Gasteiger partial charge in [-0.15, -0.1) is 0 Å². The van der Waals surface area contributed by atoms with Crippen LogP contribution in [0.2, 0.25) is 5.02 Å². The van der Waals surface area contributed by atoms with Gasteiger partial charge in [0.1, 0.15) is 5.82 Å². The largest absolute Gasteiger partial charge is 0.352 e. The summed E-state index contributed by atoms with van der Waals surface area (Å²) in [5, 5.41) is 7.01. The SMILES string of the molecule is Cn1nccc1CCNC(=O)c1cc(Cl)ccc1F. The molecule has 4 nitrogen and oxygen atoms in total. The van der Waals surface area contributed by atoms with Gasteiger partial charge in [-0.2, -0.15) is 5.10 Å². The van der Waals surface area contributed by atoms with Crippen molar-refractivity contribution in [3.05, 3.63) is 52.6 Å². The Bertz CT molecular complexity index is 597. The summed E-state index contributed by atoms with van der Waals surface area (Å²) in [5.74, 6) is -1.05. The molecule has 100 valence electrons. The van der Waals surface area contributed by atoms with Crippen molar-refractivity contribution in [2.45, 2.75) is 6.42 Å². The Balaban J connectivity index is 1.94. The molecule has 0 aliphatic heterocycles. The summed E-state index contributed by atoms with van der Waals surface area (Å²) in [6.45, 7) is 0.407. The van der Waals surface area contributed by atoms with E-state index in [1.54, 1.807) is 10.9 Å². The van der Waals surface area contributed by atoms with Gasteiger partial charge >= 0.3 is 0 Å². The monoisotopic (exact) mass is 281 g/mol. The fourth-order valence-electron chi connectivity index (χ4n) is 1.72. The highest BCUT2D eigenvalue weighted by molar-refractivity contribution is 6.30. The van der Waals surface area contributed by atoms with Crippen LogP contribution in [0.4, 0.5) is 4.39 Å². The zero-order valence-corrected chi connectivity index (χ0v) is 11.1. The minimum Gasteiger partial charge on any atom is -0.352 e. The lowest BCUT2D eigenvalue weighted by Crippen LogP contribution is -2.27. The summed E-state index contributed by atoms with van der Waals surface area (Å²) in [6.07, 6.45) is 2.32. The number of rotatable bonds is 4. The van der Waals surface area contributed by atoms with Crippen LogP contribution in [0.1, 0.15) is 16.1 Å². The van der Waals surface area contributed by atoms with Gasteiger partial charge in [-0.3, -0.25) is 9.48 Å². The molecule has 0 fully saturated rings. The fourth-order valence-corrected chi connectivity index (χ4v) is 1.89. The number of nitrogens with one attached hydrogen (secondary N) is 1. The molecule has 0 saturated heterocycles. The van der Waals surface area contributed by atoms with Crippen LogP contribution in [-0.4, -0.2) is 22.2 Å². The van der Waals surface area contributed by atoms with Crippen molar-refractivity contribution < 1.29 is 9.18 Å². The first kappa shape index (κ1) is 13.5. The van der Waals surface area contributed by atoms with E-state index >= 15 is 0 Å². The lowest BCUT2D eigenvalue weighted by molar-refractivity contribution is 0.0950. The molecule has 1 aromatic heterocycles. The van der Waals surface area contributed by atoms with Gasteiger partial charge in [0.15, 0.2) is 0 Å². The number of halogens is 2. The molecule has 2 rings (SSSR count). The maximum Gasteiger partial charge on any atom is 0.254 e. The topological polar surface area (TPSA) is 46.9 Å². The van der Waals surface area contributed by atoms with Gasteiger partial charge in [0, 0.05) is 36.9 Å². The second-order valence-electron chi connectivity index (χ2n) is 4.08. The van der Waals surface area contributed by atoms with Crippen LogP contribution in [0.5, 0.6) is 0 Å². The van der Waals surface area contributed by atoms with E-state index in [9.17, 15) is 9.18 Å². The van der Waals surface area contributed by atoms with E-state index in [1.165, 1.54) is 18.2 Å². The van der Waals surface area contributed by atoms with E-state index in [0.29, 0.717) is 18.0 Å². The second-order valence-corrected chi connectivity index (χ2v) is 4.51. The molecule has 0 spiro atoms. The number of hydrogen-bond acceptors (Lipinski definition) is 2. The predicted molar refractivity (Wildman–Crippen MR) is 70.7 cm³/mol. The van der Waals surface area contributed by atoms with E-state index < -0.39 is 11.7 Å². The number of aromatic nitrogens is 2. The van der Waals surface area contributed by atoms with Crippen LogP contribution in [0.25, 0.3) is 0 Å². The molecule has 2 aromatic rings. The summed E-state index contributed by atoms with van der Waals surface area (Å²) in [6, 6.07) is 5.77. The van der Waals surface area contributed by atoms with Crippen LogP contribution < -0.4 is 5.32 Å². The number of hydrogen-bond donors (Lipinski definition) is 1. The van der Waals surface area contributed by atoms with E-state index in [2.05, 4.69) is 10.4 Å². The Kier molecular flexibility index (Phi) is 4.16. The van der Waals surface area contributed by atoms with Crippen molar-refractivity contribution in [1.29, 1.82) is 0 Å². The van der Waals surface area contributed by atoms with Gasteiger partial charge in [0.2, 0.25) is 0 Å². The molecule has 0 aliphatic rings. The van der Waals surface area contributed by atoms with E-state index in [0.717, 1.165) is 5.69 Å². The quantitative estimate of drug-likeness (QED) is 0.934. The van der Waals surface area contributed by atoms with Crippen LogP contribution in [0, 0.1) is 5.82 Å². The van der Waals surface area contributed by atoms with Gasteiger partial charge in [-0.05, 0) is 24.3 Å². The highest BCUT2D eigenvalue weighted by Crippen LogP contribution is 2.14. The first-order valence-electron chi connectivity index (χ1n) is 5.78. The zero-order chi connectivity index (χ0) is 13.8. The van der Waals surface area contributed by atoms with Crippen molar-refractivity contribution in [2.75, 3.05) is 6.54 Å². The number of carbonyl (C=O) groups is 1. The standard InChI is InChI=1S/C13H13ClFN3O/c1-18-10(5-7-17-18)4-6-16-13(19)11-8-9(14)2-3-12(11)15/h2-3,5,7-8H,4,6H2,1H3,(H,16,19). The molecule has 0 unspecified atom stereocenters. The zero-order valence-electron chi connectivity index (χ0n) is 10.4. The average molecular weight is 282 g/mol. The van der Waals surface area contributed by atoms with Crippen molar-refractivity contribution in [3.63, 3.8) is 0 Å². The highest BCUT2D eigenvalue weighted by Gasteiger charge is 2.11. The molecular weight excluding hydrogens is 269 g/mol. The maximum atomic E-state index is 13.5. The molecule has 19 heavy (non-hydrogen) atoms. The van der Waals surface area contributed by atoms with Gasteiger partial charge in [-0.1, -0.05) is 11.6 Å². The predicted octanol–water partition coefficient (Wildman–Crippen LogP) is 2.19. The number of carbonyl (C=O) groups excluding carboxylic acids is 1. The van der Waals surface area contributed by atoms with Crippen LogP contribution in [0.3, 0.4) is 0 Å². The van der Waals surface area contributed by atoms with Gasteiger partial charge < -0.3 is 5.32 Å². The van der Waals surface area contributed by atoms with E-state index in [4.69, 9.17) is 11.6 Å².